The Balaban J connectivity index is 1.62. The average Bonchev–Trinajstić information content (AvgIpc) is 3.43. The van der Waals surface area contributed by atoms with E-state index < -0.39 is 12.1 Å². The lowest BCUT2D eigenvalue weighted by atomic mass is 10.1. The van der Waals surface area contributed by atoms with Gasteiger partial charge in [0.05, 0.1) is 5.75 Å². The van der Waals surface area contributed by atoms with Gasteiger partial charge in [-0.05, 0) is 25.0 Å². The molecule has 0 saturated heterocycles. The van der Waals surface area contributed by atoms with Crippen molar-refractivity contribution in [3.05, 3.63) is 66.2 Å². The van der Waals surface area contributed by atoms with Gasteiger partial charge in [0.15, 0.2) is 0 Å². The summed E-state index contributed by atoms with van der Waals surface area (Å²) in [5.74, 6) is -0.477. The number of rotatable bonds is 7. The molecule has 1 saturated carbocycles. The van der Waals surface area contributed by atoms with Gasteiger partial charge in [0.2, 0.25) is 6.10 Å². The second-order valence-corrected chi connectivity index (χ2v) is 6.71. The predicted molar refractivity (Wildman–Crippen MR) is 93.6 cm³/mol. The first-order valence-corrected chi connectivity index (χ1v) is 8.93. The Labute approximate surface area is 145 Å². The van der Waals surface area contributed by atoms with Crippen molar-refractivity contribution in [1.29, 1.82) is 0 Å². The molecule has 5 heteroatoms. The summed E-state index contributed by atoms with van der Waals surface area (Å²) in [5.41, 5.74) is 0.689. The maximum absolute atomic E-state index is 12.4. The van der Waals surface area contributed by atoms with E-state index >= 15 is 0 Å². The van der Waals surface area contributed by atoms with Crippen LogP contribution in [0.15, 0.2) is 65.6 Å². The van der Waals surface area contributed by atoms with Gasteiger partial charge < -0.3 is 10.1 Å². The minimum Gasteiger partial charge on any atom is -0.447 e. The van der Waals surface area contributed by atoms with Crippen LogP contribution in [0, 0.1) is 0 Å². The lowest BCUT2D eigenvalue weighted by Crippen LogP contribution is -2.33. The lowest BCUT2D eigenvalue weighted by Gasteiger charge is -2.18. The third kappa shape index (κ3) is 4.86. The lowest BCUT2D eigenvalue weighted by molar-refractivity contribution is -0.154. The molecule has 0 heterocycles. The van der Waals surface area contributed by atoms with Crippen LogP contribution < -0.4 is 5.32 Å². The highest BCUT2D eigenvalue weighted by molar-refractivity contribution is 8.00. The number of hydrogen-bond donors (Lipinski definition) is 1. The number of benzene rings is 2. The van der Waals surface area contributed by atoms with Gasteiger partial charge in [-0.25, -0.2) is 0 Å². The number of esters is 1. The fourth-order valence-electron chi connectivity index (χ4n) is 2.23. The number of amides is 1. The van der Waals surface area contributed by atoms with E-state index in [1.165, 1.54) is 11.8 Å². The number of nitrogens with one attached hydrogen (secondary N) is 1. The van der Waals surface area contributed by atoms with Crippen LogP contribution in [0.1, 0.15) is 24.5 Å². The van der Waals surface area contributed by atoms with Gasteiger partial charge in [-0.15, -0.1) is 11.8 Å². The van der Waals surface area contributed by atoms with Crippen LogP contribution in [-0.4, -0.2) is 23.7 Å². The quantitative estimate of drug-likeness (QED) is 0.620. The maximum atomic E-state index is 12.4. The normalized spacial score (nSPS) is 14.7. The van der Waals surface area contributed by atoms with Crippen LogP contribution in [0.5, 0.6) is 0 Å². The Morgan fingerprint density at radius 3 is 2.29 bits per heavy atom. The molecule has 1 N–H and O–H groups in total. The number of thioether (sulfide) groups is 1. The molecule has 0 radical (unpaired) electrons. The van der Waals surface area contributed by atoms with Crippen molar-refractivity contribution in [3.8, 4) is 0 Å². The van der Waals surface area contributed by atoms with E-state index in [9.17, 15) is 9.59 Å². The van der Waals surface area contributed by atoms with Gasteiger partial charge in [-0.2, -0.15) is 0 Å². The Morgan fingerprint density at radius 1 is 1.04 bits per heavy atom. The topological polar surface area (TPSA) is 55.4 Å². The van der Waals surface area contributed by atoms with E-state index in [-0.39, 0.29) is 17.7 Å². The number of carbonyl (C=O) groups excluding carboxylic acids is 2. The van der Waals surface area contributed by atoms with Crippen LogP contribution >= 0.6 is 11.8 Å². The smallest absolute Gasteiger partial charge is 0.317 e. The molecule has 1 aliphatic carbocycles. The second-order valence-electron chi connectivity index (χ2n) is 5.67. The van der Waals surface area contributed by atoms with Crippen molar-refractivity contribution >= 4 is 23.6 Å². The van der Waals surface area contributed by atoms with E-state index in [0.717, 1.165) is 17.7 Å². The molecule has 4 nitrogen and oxygen atoms in total. The molecule has 2 aromatic rings. The summed E-state index contributed by atoms with van der Waals surface area (Å²) >= 11 is 1.40. The summed E-state index contributed by atoms with van der Waals surface area (Å²) in [4.78, 5) is 25.6. The molecule has 0 aromatic heterocycles. The van der Waals surface area contributed by atoms with Gasteiger partial charge in [0, 0.05) is 16.5 Å². The molecule has 1 fully saturated rings. The highest BCUT2D eigenvalue weighted by Crippen LogP contribution is 2.24. The highest BCUT2D eigenvalue weighted by atomic mass is 32.2. The zero-order valence-corrected chi connectivity index (χ0v) is 14.0. The molecule has 0 aliphatic heterocycles. The monoisotopic (exact) mass is 341 g/mol. The molecular formula is C19H19NO3S. The molecule has 1 atom stereocenters. The van der Waals surface area contributed by atoms with Crippen molar-refractivity contribution < 1.29 is 14.3 Å². The van der Waals surface area contributed by atoms with Gasteiger partial charge in [0.25, 0.3) is 5.91 Å². The minimum absolute atomic E-state index is 0.171. The number of ether oxygens (including phenoxy) is 1. The zero-order chi connectivity index (χ0) is 16.8. The first kappa shape index (κ1) is 16.6. The molecule has 2 aromatic carbocycles. The fraction of sp³-hybridized carbons (Fsp3) is 0.263. The van der Waals surface area contributed by atoms with Crippen molar-refractivity contribution in [2.75, 3.05) is 5.75 Å². The molecule has 3 rings (SSSR count). The van der Waals surface area contributed by atoms with Crippen LogP contribution in [0.2, 0.25) is 0 Å². The standard InChI is InChI=1S/C19H19NO3S/c21-17(13-24-16-9-5-2-6-10-16)23-18(14-7-3-1-4-8-14)19(22)20-15-11-12-15/h1-10,15,18H,11-13H2,(H,20,22)/t18-/m0/s1. The molecule has 24 heavy (non-hydrogen) atoms. The zero-order valence-electron chi connectivity index (χ0n) is 13.2. The SMILES string of the molecule is O=C(CSc1ccccc1)O[C@H](C(=O)NC1CC1)c1ccccc1. The van der Waals surface area contributed by atoms with E-state index in [1.54, 1.807) is 12.1 Å². The summed E-state index contributed by atoms with van der Waals surface area (Å²) < 4.78 is 5.48. The molecule has 1 aliphatic rings. The molecule has 0 bridgehead atoms. The third-order valence-electron chi connectivity index (χ3n) is 3.61. The van der Waals surface area contributed by atoms with E-state index in [1.807, 2.05) is 48.5 Å². The first-order chi connectivity index (χ1) is 11.7. The van der Waals surface area contributed by atoms with Crippen LogP contribution in [-0.2, 0) is 14.3 Å². The Kier molecular flexibility index (Phi) is 5.54. The molecular weight excluding hydrogens is 322 g/mol. The molecule has 0 spiro atoms. The van der Waals surface area contributed by atoms with Crippen molar-refractivity contribution in [2.24, 2.45) is 0 Å². The van der Waals surface area contributed by atoms with E-state index in [4.69, 9.17) is 4.74 Å². The Hall–Kier alpha value is -2.27. The second kappa shape index (κ2) is 8.02. The van der Waals surface area contributed by atoms with Crippen molar-refractivity contribution in [3.63, 3.8) is 0 Å². The largest absolute Gasteiger partial charge is 0.447 e. The highest BCUT2D eigenvalue weighted by Gasteiger charge is 2.30. The predicted octanol–water partition coefficient (Wildman–Crippen LogP) is 3.34. The van der Waals surface area contributed by atoms with Gasteiger partial charge >= 0.3 is 5.97 Å². The summed E-state index contributed by atoms with van der Waals surface area (Å²) in [6, 6.07) is 19.0. The van der Waals surface area contributed by atoms with Crippen LogP contribution in [0.25, 0.3) is 0 Å². The molecule has 0 unspecified atom stereocenters. The third-order valence-corrected chi connectivity index (χ3v) is 4.60. The van der Waals surface area contributed by atoms with Crippen LogP contribution in [0.4, 0.5) is 0 Å². The number of carbonyl (C=O) groups is 2. The summed E-state index contributed by atoms with van der Waals surface area (Å²) in [6.45, 7) is 0. The number of hydrogen-bond acceptors (Lipinski definition) is 4. The average molecular weight is 341 g/mol. The Morgan fingerprint density at radius 2 is 1.67 bits per heavy atom. The first-order valence-electron chi connectivity index (χ1n) is 7.95. The molecule has 1 amide bonds. The van der Waals surface area contributed by atoms with Crippen molar-refractivity contribution in [1.82, 2.24) is 5.32 Å². The summed E-state index contributed by atoms with van der Waals surface area (Å²) in [7, 11) is 0. The minimum atomic E-state index is -0.893. The van der Waals surface area contributed by atoms with Crippen molar-refractivity contribution in [2.45, 2.75) is 29.9 Å². The van der Waals surface area contributed by atoms with Gasteiger partial charge in [0.1, 0.15) is 0 Å². The Bertz CT molecular complexity index is 686. The maximum Gasteiger partial charge on any atom is 0.317 e. The van der Waals surface area contributed by atoms with Gasteiger partial charge in [-0.1, -0.05) is 48.5 Å². The van der Waals surface area contributed by atoms with E-state index in [2.05, 4.69) is 5.32 Å². The summed E-state index contributed by atoms with van der Waals surface area (Å²) in [6.07, 6.45) is 1.09. The summed E-state index contributed by atoms with van der Waals surface area (Å²) in [5, 5.41) is 2.91. The fourth-order valence-corrected chi connectivity index (χ4v) is 2.93. The van der Waals surface area contributed by atoms with E-state index in [0.29, 0.717) is 5.56 Å². The van der Waals surface area contributed by atoms with Gasteiger partial charge in [-0.3, -0.25) is 9.59 Å². The van der Waals surface area contributed by atoms with Crippen LogP contribution in [0.3, 0.4) is 0 Å². The molecule has 124 valence electrons.